The summed E-state index contributed by atoms with van der Waals surface area (Å²) in [7, 11) is 1.65. The summed E-state index contributed by atoms with van der Waals surface area (Å²) in [5.41, 5.74) is 6.98. The summed E-state index contributed by atoms with van der Waals surface area (Å²) in [5, 5.41) is 0. The highest BCUT2D eigenvalue weighted by atomic mass is 35.5. The van der Waals surface area contributed by atoms with Gasteiger partial charge in [-0.3, -0.25) is 4.79 Å². The van der Waals surface area contributed by atoms with Gasteiger partial charge in [0.05, 0.1) is 7.11 Å². The van der Waals surface area contributed by atoms with Gasteiger partial charge in [-0.1, -0.05) is 12.1 Å². The van der Waals surface area contributed by atoms with Crippen LogP contribution in [0, 0.1) is 0 Å². The predicted octanol–water partition coefficient (Wildman–Crippen LogP) is 2.00. The second kappa shape index (κ2) is 8.12. The molecule has 1 aliphatic rings. The van der Waals surface area contributed by atoms with E-state index in [0.717, 1.165) is 43.7 Å². The fourth-order valence-corrected chi connectivity index (χ4v) is 2.39. The van der Waals surface area contributed by atoms with E-state index < -0.39 is 0 Å². The molecule has 20 heavy (non-hydrogen) atoms. The first kappa shape index (κ1) is 16.8. The SMILES string of the molecule is COc1cccc(CCC(=O)N2CCC(N)CC2)c1.Cl. The van der Waals surface area contributed by atoms with E-state index in [1.54, 1.807) is 7.11 Å². The number of ether oxygens (including phenoxy) is 1. The van der Waals surface area contributed by atoms with Gasteiger partial charge < -0.3 is 15.4 Å². The van der Waals surface area contributed by atoms with E-state index in [0.29, 0.717) is 6.42 Å². The molecule has 0 unspecified atom stereocenters. The lowest BCUT2D eigenvalue weighted by atomic mass is 10.0. The van der Waals surface area contributed by atoms with E-state index in [4.69, 9.17) is 10.5 Å². The van der Waals surface area contributed by atoms with E-state index in [9.17, 15) is 4.79 Å². The monoisotopic (exact) mass is 298 g/mol. The first-order valence-electron chi connectivity index (χ1n) is 6.85. The number of nitrogens with two attached hydrogens (primary N) is 1. The Hall–Kier alpha value is -1.26. The lowest BCUT2D eigenvalue weighted by molar-refractivity contribution is -0.132. The lowest BCUT2D eigenvalue weighted by Gasteiger charge is -2.30. The van der Waals surface area contributed by atoms with Crippen molar-refractivity contribution in [1.82, 2.24) is 4.90 Å². The summed E-state index contributed by atoms with van der Waals surface area (Å²) in [6, 6.07) is 8.15. The van der Waals surface area contributed by atoms with Crippen molar-refractivity contribution < 1.29 is 9.53 Å². The quantitative estimate of drug-likeness (QED) is 0.925. The van der Waals surface area contributed by atoms with Gasteiger partial charge in [0.15, 0.2) is 0 Å². The molecule has 2 N–H and O–H groups in total. The summed E-state index contributed by atoms with van der Waals surface area (Å²) in [5.74, 6) is 1.07. The van der Waals surface area contributed by atoms with Gasteiger partial charge in [0, 0.05) is 25.6 Å². The van der Waals surface area contributed by atoms with Crippen molar-refractivity contribution in [2.75, 3.05) is 20.2 Å². The normalized spacial score (nSPS) is 15.6. The number of nitrogens with zero attached hydrogens (tertiary/aromatic N) is 1. The highest BCUT2D eigenvalue weighted by Gasteiger charge is 2.19. The minimum absolute atomic E-state index is 0. The maximum atomic E-state index is 12.1. The number of aryl methyl sites for hydroxylation is 1. The molecule has 0 radical (unpaired) electrons. The number of hydrogen-bond acceptors (Lipinski definition) is 3. The first-order chi connectivity index (χ1) is 9.19. The number of piperidine rings is 1. The van der Waals surface area contributed by atoms with Gasteiger partial charge in [-0.2, -0.15) is 0 Å². The molecule has 1 fully saturated rings. The third-order valence-corrected chi connectivity index (χ3v) is 3.65. The van der Waals surface area contributed by atoms with Crippen LogP contribution in [0.3, 0.4) is 0 Å². The van der Waals surface area contributed by atoms with Crippen LogP contribution in [0.5, 0.6) is 5.75 Å². The fourth-order valence-electron chi connectivity index (χ4n) is 2.39. The number of halogens is 1. The van der Waals surface area contributed by atoms with E-state index in [1.807, 2.05) is 29.2 Å². The minimum Gasteiger partial charge on any atom is -0.497 e. The molecule has 0 saturated carbocycles. The van der Waals surface area contributed by atoms with Crippen LogP contribution in [0.25, 0.3) is 0 Å². The van der Waals surface area contributed by atoms with Gasteiger partial charge in [0.2, 0.25) is 5.91 Å². The van der Waals surface area contributed by atoms with Gasteiger partial charge in [-0.05, 0) is 37.0 Å². The number of hydrogen-bond donors (Lipinski definition) is 1. The third kappa shape index (κ3) is 4.69. The number of carbonyl (C=O) groups excluding carboxylic acids is 1. The summed E-state index contributed by atoms with van der Waals surface area (Å²) in [4.78, 5) is 14.0. The molecule has 1 aliphatic heterocycles. The maximum Gasteiger partial charge on any atom is 0.222 e. The van der Waals surface area contributed by atoms with Crippen molar-refractivity contribution in [3.05, 3.63) is 29.8 Å². The molecule has 112 valence electrons. The Bertz CT molecular complexity index is 432. The molecule has 0 bridgehead atoms. The third-order valence-electron chi connectivity index (χ3n) is 3.65. The number of benzene rings is 1. The van der Waals surface area contributed by atoms with E-state index in [-0.39, 0.29) is 24.4 Å². The fraction of sp³-hybridized carbons (Fsp3) is 0.533. The van der Waals surface area contributed by atoms with Crippen LogP contribution in [0.15, 0.2) is 24.3 Å². The van der Waals surface area contributed by atoms with Crippen LogP contribution in [-0.2, 0) is 11.2 Å². The topological polar surface area (TPSA) is 55.6 Å². The van der Waals surface area contributed by atoms with E-state index >= 15 is 0 Å². The molecular formula is C15H23ClN2O2. The zero-order valence-electron chi connectivity index (χ0n) is 11.9. The molecule has 1 amide bonds. The van der Waals surface area contributed by atoms with Crippen LogP contribution in [0.1, 0.15) is 24.8 Å². The Morgan fingerprint density at radius 3 is 2.75 bits per heavy atom. The van der Waals surface area contributed by atoms with E-state index in [1.165, 1.54) is 0 Å². The van der Waals surface area contributed by atoms with Crippen LogP contribution < -0.4 is 10.5 Å². The zero-order valence-corrected chi connectivity index (χ0v) is 12.7. The minimum atomic E-state index is 0. The lowest BCUT2D eigenvalue weighted by Crippen LogP contribution is -2.42. The van der Waals surface area contributed by atoms with Gasteiger partial charge in [-0.15, -0.1) is 12.4 Å². The van der Waals surface area contributed by atoms with Crippen LogP contribution in [-0.4, -0.2) is 37.0 Å². The molecule has 1 heterocycles. The number of methoxy groups -OCH3 is 1. The average Bonchev–Trinajstić information content (AvgIpc) is 2.46. The van der Waals surface area contributed by atoms with Crippen LogP contribution in [0.4, 0.5) is 0 Å². The number of amides is 1. The number of likely N-dealkylation sites (tertiary alicyclic amines) is 1. The second-order valence-electron chi connectivity index (χ2n) is 5.07. The zero-order chi connectivity index (χ0) is 13.7. The van der Waals surface area contributed by atoms with Crippen molar-refractivity contribution in [3.8, 4) is 5.75 Å². The second-order valence-corrected chi connectivity index (χ2v) is 5.07. The Labute approximate surface area is 126 Å². The molecule has 0 aliphatic carbocycles. The Kier molecular flexibility index (Phi) is 6.82. The molecule has 1 aromatic carbocycles. The van der Waals surface area contributed by atoms with Gasteiger partial charge >= 0.3 is 0 Å². The van der Waals surface area contributed by atoms with Crippen LogP contribution >= 0.6 is 12.4 Å². The van der Waals surface area contributed by atoms with Gasteiger partial charge in [0.25, 0.3) is 0 Å². The maximum absolute atomic E-state index is 12.1. The standard InChI is InChI=1S/C15H22N2O2.ClH/c1-19-14-4-2-3-12(11-14)5-6-15(18)17-9-7-13(16)8-10-17;/h2-4,11,13H,5-10,16H2,1H3;1H. The summed E-state index contributed by atoms with van der Waals surface area (Å²) in [6.45, 7) is 1.61. The first-order valence-corrected chi connectivity index (χ1v) is 6.85. The molecule has 0 spiro atoms. The molecular weight excluding hydrogens is 276 g/mol. The molecule has 1 saturated heterocycles. The summed E-state index contributed by atoms with van der Waals surface area (Å²) >= 11 is 0. The largest absolute Gasteiger partial charge is 0.497 e. The van der Waals surface area contributed by atoms with Crippen molar-refractivity contribution in [2.24, 2.45) is 5.73 Å². The highest BCUT2D eigenvalue weighted by molar-refractivity contribution is 5.85. The average molecular weight is 299 g/mol. The van der Waals surface area contributed by atoms with Crippen molar-refractivity contribution >= 4 is 18.3 Å². The van der Waals surface area contributed by atoms with Gasteiger partial charge in [0.1, 0.15) is 5.75 Å². The van der Waals surface area contributed by atoms with Crippen molar-refractivity contribution in [2.45, 2.75) is 31.7 Å². The molecule has 0 atom stereocenters. The molecule has 5 heteroatoms. The highest BCUT2D eigenvalue weighted by Crippen LogP contribution is 2.15. The number of rotatable bonds is 4. The van der Waals surface area contributed by atoms with Crippen molar-refractivity contribution in [3.63, 3.8) is 0 Å². The Morgan fingerprint density at radius 2 is 2.10 bits per heavy atom. The molecule has 2 rings (SSSR count). The smallest absolute Gasteiger partial charge is 0.222 e. The predicted molar refractivity (Wildman–Crippen MR) is 82.4 cm³/mol. The van der Waals surface area contributed by atoms with Crippen LogP contribution in [0.2, 0.25) is 0 Å². The van der Waals surface area contributed by atoms with Crippen molar-refractivity contribution in [1.29, 1.82) is 0 Å². The Morgan fingerprint density at radius 1 is 1.40 bits per heavy atom. The summed E-state index contributed by atoms with van der Waals surface area (Å²) < 4.78 is 5.18. The molecule has 4 nitrogen and oxygen atoms in total. The Balaban J connectivity index is 0.00000200. The molecule has 1 aromatic rings. The van der Waals surface area contributed by atoms with Gasteiger partial charge in [-0.25, -0.2) is 0 Å². The van der Waals surface area contributed by atoms with E-state index in [2.05, 4.69) is 0 Å². The number of carbonyl (C=O) groups is 1. The molecule has 0 aromatic heterocycles. The summed E-state index contributed by atoms with van der Waals surface area (Å²) in [6.07, 6.45) is 3.16.